The van der Waals surface area contributed by atoms with Gasteiger partial charge in [0.2, 0.25) is 0 Å². The number of imidazole rings is 1. The lowest BCUT2D eigenvalue weighted by Gasteiger charge is -2.18. The van der Waals surface area contributed by atoms with Crippen molar-refractivity contribution in [3.8, 4) is 22.6 Å². The van der Waals surface area contributed by atoms with Crippen molar-refractivity contribution in [3.05, 3.63) is 76.6 Å². The van der Waals surface area contributed by atoms with E-state index in [-0.39, 0.29) is 18.5 Å². The molecule has 5 aromatic rings. The third kappa shape index (κ3) is 8.27. The van der Waals surface area contributed by atoms with Crippen LogP contribution >= 0.6 is 0 Å². The van der Waals surface area contributed by atoms with Gasteiger partial charge in [-0.1, -0.05) is 58.3 Å². The van der Waals surface area contributed by atoms with E-state index in [2.05, 4.69) is 68.0 Å². The number of carbonyl (C=O) groups is 1. The number of benzene rings is 2. The van der Waals surface area contributed by atoms with Crippen molar-refractivity contribution in [3.63, 3.8) is 0 Å². The van der Waals surface area contributed by atoms with E-state index in [4.69, 9.17) is 19.6 Å². The van der Waals surface area contributed by atoms with E-state index in [1.807, 2.05) is 23.7 Å². The van der Waals surface area contributed by atoms with Crippen LogP contribution < -0.4 is 0 Å². The van der Waals surface area contributed by atoms with E-state index in [1.54, 1.807) is 35.1 Å². The molecule has 0 fully saturated rings. The molecule has 4 heterocycles. The maximum atomic E-state index is 14.9. The first kappa shape index (κ1) is 36.9. The first-order valence-corrected chi connectivity index (χ1v) is 25.4. The summed E-state index contributed by atoms with van der Waals surface area (Å²) in [6.45, 7) is 20.6. The van der Waals surface area contributed by atoms with Crippen LogP contribution in [0.2, 0.25) is 51.4 Å². The lowest BCUT2D eigenvalue weighted by molar-refractivity contribution is 0.0723. The van der Waals surface area contributed by atoms with E-state index in [0.717, 1.165) is 63.2 Å². The Balaban J connectivity index is 1.41. The molecule has 1 aliphatic rings. The number of aryl methyl sites for hydroxylation is 3. The molecular formula is C38H52FN7O3Si2. The maximum Gasteiger partial charge on any atom is 0.257 e. The molecule has 10 nitrogen and oxygen atoms in total. The molecule has 3 aromatic heterocycles. The molecule has 0 radical (unpaired) electrons. The van der Waals surface area contributed by atoms with Gasteiger partial charge in [-0.25, -0.2) is 14.1 Å². The molecule has 0 atom stereocenters. The van der Waals surface area contributed by atoms with Crippen molar-refractivity contribution in [1.82, 2.24) is 34.0 Å². The van der Waals surface area contributed by atoms with Crippen molar-refractivity contribution in [2.45, 2.75) is 98.2 Å². The van der Waals surface area contributed by atoms with Crippen LogP contribution in [0.25, 0.3) is 33.5 Å². The number of fused-ring (bicyclic) bond motifs is 2. The summed E-state index contributed by atoms with van der Waals surface area (Å²) in [5, 5.41) is 10.3. The van der Waals surface area contributed by atoms with Gasteiger partial charge >= 0.3 is 0 Å². The van der Waals surface area contributed by atoms with Crippen LogP contribution in [-0.2, 0) is 49.5 Å². The predicted octanol–water partition coefficient (Wildman–Crippen LogP) is 8.09. The minimum Gasteiger partial charge on any atom is -0.361 e. The van der Waals surface area contributed by atoms with Gasteiger partial charge in [0.1, 0.15) is 25.0 Å². The fraction of sp³-hybridized carbons (Fsp3) is 0.474. The van der Waals surface area contributed by atoms with Gasteiger partial charge in [-0.15, -0.1) is 0 Å². The Hall–Kier alpha value is -3.92. The zero-order chi connectivity index (χ0) is 36.7. The number of rotatable bonds is 14. The third-order valence-electron chi connectivity index (χ3n) is 9.54. The number of halogens is 1. The molecule has 51 heavy (non-hydrogen) atoms. The summed E-state index contributed by atoms with van der Waals surface area (Å²) in [6.07, 6.45) is 4.13. The minimum atomic E-state index is -1.31. The molecule has 0 saturated carbocycles. The number of hydrogen-bond donors (Lipinski definition) is 0. The molecular weight excluding hydrogens is 678 g/mol. The highest BCUT2D eigenvalue weighted by Gasteiger charge is 2.33. The highest BCUT2D eigenvalue weighted by molar-refractivity contribution is 6.76. The van der Waals surface area contributed by atoms with Crippen molar-refractivity contribution < 1.29 is 18.7 Å². The summed E-state index contributed by atoms with van der Waals surface area (Å²) in [4.78, 5) is 20.4. The van der Waals surface area contributed by atoms with Crippen LogP contribution in [0.4, 0.5) is 4.39 Å². The summed E-state index contributed by atoms with van der Waals surface area (Å²) >= 11 is 0. The van der Waals surface area contributed by atoms with E-state index < -0.39 is 16.1 Å². The SMILES string of the molecule is CCc1cc(C)c(F)cc1-c1ccc2c(-c3nc4c(n3COCC[Si](C)(C)C)CN(C(=O)c3cnn(C)c3)C4)nn(COCC[Si](C)(C)C)c2c1. The first-order chi connectivity index (χ1) is 24.1. The Morgan fingerprint density at radius 3 is 2.31 bits per heavy atom. The van der Waals surface area contributed by atoms with Crippen molar-refractivity contribution in [2.75, 3.05) is 13.2 Å². The second kappa shape index (κ2) is 14.6. The van der Waals surface area contributed by atoms with Crippen LogP contribution in [0.1, 0.15) is 39.8 Å². The Bertz CT molecular complexity index is 2050. The fourth-order valence-corrected chi connectivity index (χ4v) is 7.92. The molecule has 272 valence electrons. The zero-order valence-corrected chi connectivity index (χ0v) is 33.6. The van der Waals surface area contributed by atoms with Crippen LogP contribution in [-0.4, -0.2) is 69.3 Å². The standard InChI is InChI=1S/C38H52FN7O3Si2/c1-10-27-17-26(2)32(39)19-31(27)28-11-12-30-34(18-28)46(25-49-14-16-51(7,8)9)42-36(30)37-41-33-22-44(38(47)29-20-40-43(3)21-29)23-35(33)45(37)24-48-13-15-50(4,5)6/h11-12,17-21H,10,13-16,22-25H2,1-9H3. The average molecular weight is 730 g/mol. The van der Waals surface area contributed by atoms with Crippen LogP contribution in [0, 0.1) is 12.7 Å². The smallest absolute Gasteiger partial charge is 0.257 e. The molecule has 0 spiro atoms. The maximum absolute atomic E-state index is 14.9. The summed E-state index contributed by atoms with van der Waals surface area (Å²) in [6, 6.07) is 11.9. The Labute approximate surface area is 302 Å². The first-order valence-electron chi connectivity index (χ1n) is 17.9. The lowest BCUT2D eigenvalue weighted by Crippen LogP contribution is -2.26. The van der Waals surface area contributed by atoms with Gasteiger partial charge in [-0.3, -0.25) is 9.48 Å². The van der Waals surface area contributed by atoms with Gasteiger partial charge in [-0.2, -0.15) is 10.2 Å². The predicted molar refractivity (Wildman–Crippen MR) is 205 cm³/mol. The molecule has 1 aliphatic heterocycles. The van der Waals surface area contributed by atoms with E-state index >= 15 is 0 Å². The quantitative estimate of drug-likeness (QED) is 0.0848. The van der Waals surface area contributed by atoms with E-state index in [0.29, 0.717) is 50.0 Å². The number of aromatic nitrogens is 6. The fourth-order valence-electron chi connectivity index (χ4n) is 6.41. The van der Waals surface area contributed by atoms with Gasteiger partial charge in [0.15, 0.2) is 5.82 Å². The largest absolute Gasteiger partial charge is 0.361 e. The number of hydrogen-bond acceptors (Lipinski definition) is 6. The van der Waals surface area contributed by atoms with Crippen molar-refractivity contribution >= 4 is 33.0 Å². The van der Waals surface area contributed by atoms with Gasteiger partial charge in [0.05, 0.1) is 41.8 Å². The second-order valence-corrected chi connectivity index (χ2v) is 27.5. The number of ether oxygens (including phenoxy) is 2. The van der Waals surface area contributed by atoms with E-state index in [9.17, 15) is 9.18 Å². The number of amides is 1. The molecule has 2 aromatic carbocycles. The second-order valence-electron chi connectivity index (χ2n) is 16.2. The lowest BCUT2D eigenvalue weighted by atomic mass is 9.95. The molecule has 1 amide bonds. The van der Waals surface area contributed by atoms with Gasteiger partial charge in [-0.05, 0) is 65.9 Å². The van der Waals surface area contributed by atoms with Gasteiger partial charge < -0.3 is 18.9 Å². The zero-order valence-electron chi connectivity index (χ0n) is 31.6. The topological polar surface area (TPSA) is 92.2 Å². The normalized spacial score (nSPS) is 13.5. The van der Waals surface area contributed by atoms with Gasteiger partial charge in [0, 0.05) is 48.0 Å². The molecule has 13 heteroatoms. The summed E-state index contributed by atoms with van der Waals surface area (Å²) in [7, 11) is -0.791. The highest BCUT2D eigenvalue weighted by Crippen LogP contribution is 2.36. The molecule has 0 unspecified atom stereocenters. The number of nitrogens with zero attached hydrogens (tertiary/aromatic N) is 7. The monoisotopic (exact) mass is 729 g/mol. The van der Waals surface area contributed by atoms with Crippen molar-refractivity contribution in [2.24, 2.45) is 7.05 Å². The summed E-state index contributed by atoms with van der Waals surface area (Å²) in [5.74, 6) is 0.411. The van der Waals surface area contributed by atoms with Crippen molar-refractivity contribution in [1.29, 1.82) is 0 Å². The number of carbonyl (C=O) groups excluding carboxylic acids is 1. The Morgan fingerprint density at radius 2 is 1.67 bits per heavy atom. The van der Waals surface area contributed by atoms with Crippen LogP contribution in [0.15, 0.2) is 42.7 Å². The molecule has 6 rings (SSSR count). The average Bonchev–Trinajstić information content (AvgIpc) is 3.84. The van der Waals surface area contributed by atoms with E-state index in [1.165, 1.54) is 0 Å². The third-order valence-corrected chi connectivity index (χ3v) is 13.0. The molecule has 0 N–H and O–H groups in total. The Kier molecular flexibility index (Phi) is 10.6. The highest BCUT2D eigenvalue weighted by atomic mass is 28.3. The summed E-state index contributed by atoms with van der Waals surface area (Å²) < 4.78 is 33.1. The molecule has 0 bridgehead atoms. The van der Waals surface area contributed by atoms with Crippen LogP contribution in [0.3, 0.4) is 0 Å². The molecule has 0 saturated heterocycles. The Morgan fingerprint density at radius 1 is 0.961 bits per heavy atom. The van der Waals surface area contributed by atoms with Crippen LogP contribution in [0.5, 0.6) is 0 Å². The minimum absolute atomic E-state index is 0.0782. The summed E-state index contributed by atoms with van der Waals surface area (Å²) in [5.41, 5.74) is 7.50. The molecule has 0 aliphatic carbocycles. The van der Waals surface area contributed by atoms with Gasteiger partial charge in [0.25, 0.3) is 5.91 Å².